The fourth-order valence-corrected chi connectivity index (χ4v) is 4.50. The van der Waals surface area contributed by atoms with Crippen LogP contribution in [0.5, 0.6) is 11.5 Å². The summed E-state index contributed by atoms with van der Waals surface area (Å²) in [5, 5.41) is 10.9. The highest BCUT2D eigenvalue weighted by molar-refractivity contribution is 6.05. The summed E-state index contributed by atoms with van der Waals surface area (Å²) in [4.78, 5) is 14.6. The molecule has 3 aliphatic rings. The lowest BCUT2D eigenvalue weighted by molar-refractivity contribution is -0.114. The number of phenols is 1. The van der Waals surface area contributed by atoms with Crippen LogP contribution in [0.15, 0.2) is 35.6 Å². The van der Waals surface area contributed by atoms with Gasteiger partial charge in [0.2, 0.25) is 5.78 Å². The number of hydrogen-bond acceptors (Lipinski definition) is 5. The van der Waals surface area contributed by atoms with E-state index in [-0.39, 0.29) is 17.6 Å². The van der Waals surface area contributed by atoms with Crippen molar-refractivity contribution in [1.82, 2.24) is 4.90 Å². The van der Waals surface area contributed by atoms with E-state index in [9.17, 15) is 9.90 Å². The zero-order valence-corrected chi connectivity index (χ0v) is 14.1. The Bertz CT molecular complexity index is 795. The second kappa shape index (κ2) is 5.11. The lowest BCUT2D eigenvalue weighted by Gasteiger charge is -2.52. The molecule has 2 aliphatic carbocycles. The molecule has 2 bridgehead atoms. The number of likely N-dealkylation sites (N-methyl/N-ethyl adjacent to an activating group) is 1. The van der Waals surface area contributed by atoms with Gasteiger partial charge in [-0.1, -0.05) is 6.07 Å². The van der Waals surface area contributed by atoms with Crippen molar-refractivity contribution in [1.29, 1.82) is 0 Å². The normalized spacial score (nSPS) is 28.5. The van der Waals surface area contributed by atoms with Gasteiger partial charge in [0.25, 0.3) is 0 Å². The number of ketones is 1. The van der Waals surface area contributed by atoms with Crippen molar-refractivity contribution in [3.63, 3.8) is 0 Å². The lowest BCUT2D eigenvalue weighted by Crippen LogP contribution is -2.54. The number of methoxy groups -OCH3 is 2. The van der Waals surface area contributed by atoms with Gasteiger partial charge in [0, 0.05) is 17.0 Å². The van der Waals surface area contributed by atoms with Crippen molar-refractivity contribution in [3.05, 3.63) is 46.7 Å². The molecular weight excluding hydrogens is 306 g/mol. The van der Waals surface area contributed by atoms with Crippen LogP contribution in [-0.4, -0.2) is 49.6 Å². The monoisotopic (exact) mass is 327 g/mol. The van der Waals surface area contributed by atoms with Crippen LogP contribution in [0.4, 0.5) is 0 Å². The Morgan fingerprint density at radius 3 is 2.79 bits per heavy atom. The van der Waals surface area contributed by atoms with Crippen molar-refractivity contribution in [3.8, 4) is 11.5 Å². The van der Waals surface area contributed by atoms with E-state index in [2.05, 4.69) is 11.9 Å². The minimum atomic E-state index is -0.497. The van der Waals surface area contributed by atoms with Gasteiger partial charge in [0.15, 0.2) is 17.3 Å². The summed E-state index contributed by atoms with van der Waals surface area (Å²) in [7, 11) is 5.15. The van der Waals surface area contributed by atoms with Crippen molar-refractivity contribution < 1.29 is 19.4 Å². The zero-order valence-electron chi connectivity index (χ0n) is 14.1. The standard InChI is InChI=1S/C19H21NO4/c1-20-7-6-19-10-16(24-3)14(21)9-12(19)13(20)8-11-4-5-15(23-2)18(22)17(11)19/h4-5,9-10,13,22H,6-8H2,1-3H3/t13-,19?/m1/s1. The second-order valence-electron chi connectivity index (χ2n) is 6.75. The molecule has 1 unspecified atom stereocenters. The highest BCUT2D eigenvalue weighted by Gasteiger charge is 2.52. The van der Waals surface area contributed by atoms with Crippen molar-refractivity contribution in [2.45, 2.75) is 24.3 Å². The predicted octanol–water partition coefficient (Wildman–Crippen LogP) is 1.94. The third kappa shape index (κ3) is 1.82. The SMILES string of the molecule is COC1=CC23CCN(C)[C@H](Cc4ccc(OC)c(O)c42)C3=CC1=O. The number of allylic oxidation sites excluding steroid dienone is 2. The highest BCUT2D eigenvalue weighted by Crippen LogP contribution is 2.55. The molecule has 0 radical (unpaired) electrons. The van der Waals surface area contributed by atoms with E-state index in [0.717, 1.165) is 36.1 Å². The van der Waals surface area contributed by atoms with Gasteiger partial charge in [-0.25, -0.2) is 0 Å². The summed E-state index contributed by atoms with van der Waals surface area (Å²) in [6.07, 6.45) is 5.18. The molecule has 4 rings (SSSR count). The molecule has 0 aromatic heterocycles. The number of aromatic hydroxyl groups is 1. The van der Waals surface area contributed by atoms with Crippen LogP contribution in [0.25, 0.3) is 0 Å². The average molecular weight is 327 g/mol. The van der Waals surface area contributed by atoms with E-state index in [4.69, 9.17) is 9.47 Å². The maximum absolute atomic E-state index is 12.4. The van der Waals surface area contributed by atoms with Crippen LogP contribution in [0.1, 0.15) is 17.5 Å². The van der Waals surface area contributed by atoms with E-state index in [0.29, 0.717) is 11.5 Å². The molecule has 1 heterocycles. The maximum atomic E-state index is 12.4. The Balaban J connectivity index is 2.03. The summed E-state index contributed by atoms with van der Waals surface area (Å²) in [6, 6.07) is 4.00. The molecule has 1 N–H and O–H groups in total. The third-order valence-corrected chi connectivity index (χ3v) is 5.70. The van der Waals surface area contributed by atoms with Crippen LogP contribution in [0, 0.1) is 0 Å². The molecule has 5 heteroatoms. The van der Waals surface area contributed by atoms with Crippen molar-refractivity contribution in [2.24, 2.45) is 0 Å². The number of carbonyl (C=O) groups is 1. The highest BCUT2D eigenvalue weighted by atomic mass is 16.5. The number of benzene rings is 1. The van der Waals surface area contributed by atoms with Gasteiger partial charge in [-0.2, -0.15) is 0 Å². The molecule has 1 aliphatic heterocycles. The van der Waals surface area contributed by atoms with Crippen LogP contribution < -0.4 is 4.74 Å². The number of rotatable bonds is 2. The fraction of sp³-hybridized carbons (Fsp3) is 0.421. The summed E-state index contributed by atoms with van der Waals surface area (Å²) in [5.41, 5.74) is 2.52. The molecule has 1 aromatic rings. The Hall–Kier alpha value is -2.27. The van der Waals surface area contributed by atoms with Crippen LogP contribution >= 0.6 is 0 Å². The van der Waals surface area contributed by atoms with Crippen LogP contribution in [0.2, 0.25) is 0 Å². The Morgan fingerprint density at radius 1 is 1.29 bits per heavy atom. The molecule has 5 nitrogen and oxygen atoms in total. The minimum absolute atomic E-state index is 0.103. The first-order valence-electron chi connectivity index (χ1n) is 8.14. The Kier molecular flexibility index (Phi) is 3.25. The van der Waals surface area contributed by atoms with Crippen LogP contribution in [0.3, 0.4) is 0 Å². The molecule has 24 heavy (non-hydrogen) atoms. The first-order chi connectivity index (χ1) is 11.5. The van der Waals surface area contributed by atoms with Gasteiger partial charge in [0.1, 0.15) is 0 Å². The number of likely N-dealkylation sites (tertiary alicyclic amines) is 1. The predicted molar refractivity (Wildman–Crippen MR) is 89.3 cm³/mol. The first-order valence-corrected chi connectivity index (χ1v) is 8.14. The molecule has 0 spiro atoms. The lowest BCUT2D eigenvalue weighted by atomic mass is 9.58. The Morgan fingerprint density at radius 2 is 2.08 bits per heavy atom. The van der Waals surface area contributed by atoms with E-state index in [1.54, 1.807) is 13.2 Å². The van der Waals surface area contributed by atoms with Gasteiger partial charge in [-0.05, 0) is 55.8 Å². The molecule has 126 valence electrons. The fourth-order valence-electron chi connectivity index (χ4n) is 4.50. The smallest absolute Gasteiger partial charge is 0.220 e. The van der Waals surface area contributed by atoms with E-state index < -0.39 is 5.41 Å². The summed E-state index contributed by atoms with van der Waals surface area (Å²) >= 11 is 0. The third-order valence-electron chi connectivity index (χ3n) is 5.70. The topological polar surface area (TPSA) is 59.0 Å². The number of hydrogen-bond donors (Lipinski definition) is 1. The minimum Gasteiger partial charge on any atom is -0.504 e. The molecule has 2 atom stereocenters. The van der Waals surface area contributed by atoms with Gasteiger partial charge >= 0.3 is 0 Å². The molecule has 1 saturated heterocycles. The van der Waals surface area contributed by atoms with Gasteiger partial charge in [-0.15, -0.1) is 0 Å². The summed E-state index contributed by atoms with van der Waals surface area (Å²) in [6.45, 7) is 0.889. The quantitative estimate of drug-likeness (QED) is 0.899. The Labute approximate surface area is 141 Å². The van der Waals surface area contributed by atoms with E-state index in [1.165, 1.54) is 7.11 Å². The van der Waals surface area contributed by atoms with Gasteiger partial charge < -0.3 is 14.6 Å². The number of nitrogens with zero attached hydrogens (tertiary/aromatic N) is 1. The number of ether oxygens (including phenoxy) is 2. The average Bonchev–Trinajstić information content (AvgIpc) is 2.58. The largest absolute Gasteiger partial charge is 0.504 e. The van der Waals surface area contributed by atoms with E-state index in [1.807, 2.05) is 18.2 Å². The van der Waals surface area contributed by atoms with Crippen molar-refractivity contribution in [2.75, 3.05) is 27.8 Å². The molecule has 0 saturated carbocycles. The number of fused-ring (bicyclic) bond motifs is 1. The zero-order chi connectivity index (χ0) is 17.1. The van der Waals surface area contributed by atoms with Gasteiger partial charge in [0.05, 0.1) is 14.2 Å². The summed E-state index contributed by atoms with van der Waals surface area (Å²) in [5.74, 6) is 0.875. The number of phenolic OH excluding ortho intramolecular Hbond substituents is 1. The molecule has 1 aromatic carbocycles. The second-order valence-corrected chi connectivity index (χ2v) is 6.75. The summed E-state index contributed by atoms with van der Waals surface area (Å²) < 4.78 is 10.6. The first kappa shape index (κ1) is 15.3. The molecule has 1 fully saturated rings. The van der Waals surface area contributed by atoms with Gasteiger partial charge in [-0.3, -0.25) is 9.69 Å². The molecule has 0 amide bonds. The van der Waals surface area contributed by atoms with Crippen molar-refractivity contribution >= 4 is 5.78 Å². The van der Waals surface area contributed by atoms with E-state index >= 15 is 0 Å². The molecular formula is C19H21NO4. The number of carbonyl (C=O) groups excluding carboxylic acids is 1. The van der Waals surface area contributed by atoms with Crippen LogP contribution in [-0.2, 0) is 21.4 Å². The maximum Gasteiger partial charge on any atom is 0.220 e. The number of piperidine rings is 1.